The third kappa shape index (κ3) is 6.02. The molecule has 1 fully saturated rings. The lowest BCUT2D eigenvalue weighted by Gasteiger charge is -2.26. The lowest BCUT2D eigenvalue weighted by atomic mass is 10.1. The lowest BCUT2D eigenvalue weighted by molar-refractivity contribution is -0.122. The number of para-hydroxylation sites is 1. The van der Waals surface area contributed by atoms with Crippen molar-refractivity contribution >= 4 is 80.3 Å². The molecule has 188 valence electrons. The molecule has 0 aromatic heterocycles. The van der Waals surface area contributed by atoms with Gasteiger partial charge in [-0.25, -0.2) is 9.69 Å². The maximum absolute atomic E-state index is 13.1. The van der Waals surface area contributed by atoms with Crippen LogP contribution in [0.3, 0.4) is 0 Å². The van der Waals surface area contributed by atoms with E-state index < -0.39 is 23.8 Å². The van der Waals surface area contributed by atoms with Crippen LogP contribution in [0, 0.1) is 6.92 Å². The van der Waals surface area contributed by atoms with Gasteiger partial charge in [0.05, 0.1) is 20.9 Å². The largest absolute Gasteiger partial charge is 0.483 e. The van der Waals surface area contributed by atoms with Gasteiger partial charge in [-0.05, 0) is 76.5 Å². The van der Waals surface area contributed by atoms with Crippen LogP contribution in [0.2, 0.25) is 10.0 Å². The van der Waals surface area contributed by atoms with Crippen molar-refractivity contribution in [3.63, 3.8) is 0 Å². The van der Waals surface area contributed by atoms with Gasteiger partial charge in [-0.15, -0.1) is 0 Å². The Hall–Kier alpha value is -3.66. The number of hydrogen-bond donors (Lipinski definition) is 2. The molecule has 0 saturated carbocycles. The number of halogens is 3. The summed E-state index contributed by atoms with van der Waals surface area (Å²) in [6.07, 6.45) is 1.35. The number of aryl methyl sites for hydroxylation is 1. The highest BCUT2D eigenvalue weighted by molar-refractivity contribution is 9.10. The van der Waals surface area contributed by atoms with Crippen molar-refractivity contribution in [2.75, 3.05) is 16.8 Å². The first kappa shape index (κ1) is 26.4. The highest BCUT2D eigenvalue weighted by atomic mass is 79.9. The molecule has 4 rings (SSSR count). The van der Waals surface area contributed by atoms with Crippen molar-refractivity contribution in [3.8, 4) is 5.75 Å². The Morgan fingerprint density at radius 3 is 2.51 bits per heavy atom. The van der Waals surface area contributed by atoms with Crippen molar-refractivity contribution in [3.05, 3.63) is 91.9 Å². The molecule has 37 heavy (non-hydrogen) atoms. The van der Waals surface area contributed by atoms with Gasteiger partial charge < -0.3 is 10.1 Å². The van der Waals surface area contributed by atoms with Gasteiger partial charge in [0.2, 0.25) is 0 Å². The summed E-state index contributed by atoms with van der Waals surface area (Å²) >= 11 is 15.6. The van der Waals surface area contributed by atoms with Crippen molar-refractivity contribution in [2.24, 2.45) is 0 Å². The summed E-state index contributed by atoms with van der Waals surface area (Å²) in [6.45, 7) is 1.51. The third-order valence-electron chi connectivity index (χ3n) is 5.29. The van der Waals surface area contributed by atoms with Crippen LogP contribution in [0.25, 0.3) is 6.08 Å². The summed E-state index contributed by atoms with van der Waals surface area (Å²) in [5.74, 6) is -1.66. The average Bonchev–Trinajstić information content (AvgIpc) is 2.84. The number of urea groups is 1. The van der Waals surface area contributed by atoms with Crippen LogP contribution in [-0.4, -0.2) is 30.4 Å². The maximum Gasteiger partial charge on any atom is 0.335 e. The second-order valence-corrected chi connectivity index (χ2v) is 9.57. The zero-order valence-electron chi connectivity index (χ0n) is 19.2. The van der Waals surface area contributed by atoms with E-state index in [9.17, 15) is 19.2 Å². The lowest BCUT2D eigenvalue weighted by Crippen LogP contribution is -2.54. The molecule has 8 nitrogen and oxygen atoms in total. The van der Waals surface area contributed by atoms with E-state index in [2.05, 4.69) is 26.6 Å². The Bertz CT molecular complexity index is 1470. The van der Waals surface area contributed by atoms with E-state index in [1.54, 1.807) is 61.5 Å². The van der Waals surface area contributed by atoms with Crippen LogP contribution in [-0.2, 0) is 14.4 Å². The second-order valence-electron chi connectivity index (χ2n) is 7.90. The van der Waals surface area contributed by atoms with Crippen LogP contribution in [0.1, 0.15) is 11.1 Å². The van der Waals surface area contributed by atoms with E-state index in [0.717, 1.165) is 10.5 Å². The first-order valence-corrected chi connectivity index (χ1v) is 12.3. The predicted molar refractivity (Wildman–Crippen MR) is 145 cm³/mol. The number of hydrogen-bond acceptors (Lipinski definition) is 5. The fourth-order valence-corrected chi connectivity index (χ4v) is 4.26. The summed E-state index contributed by atoms with van der Waals surface area (Å²) in [5, 5.41) is 5.61. The second kappa shape index (κ2) is 11.2. The molecule has 0 radical (unpaired) electrons. The molecule has 1 heterocycles. The van der Waals surface area contributed by atoms with Crippen LogP contribution in [0.5, 0.6) is 5.75 Å². The first-order valence-electron chi connectivity index (χ1n) is 10.8. The SMILES string of the molecule is Cc1ccc(N2C(=O)NC(=O)/C(=C\c3ccc(OCC(=O)Nc4ccccc4Cl)c(Br)c3)C2=O)cc1Cl. The molecule has 3 aromatic carbocycles. The molecule has 0 bridgehead atoms. The molecule has 11 heteroatoms. The zero-order valence-corrected chi connectivity index (χ0v) is 22.3. The van der Waals surface area contributed by atoms with Crippen molar-refractivity contribution in [1.82, 2.24) is 5.32 Å². The van der Waals surface area contributed by atoms with E-state index in [1.807, 2.05) is 0 Å². The summed E-state index contributed by atoms with van der Waals surface area (Å²) < 4.78 is 6.05. The van der Waals surface area contributed by atoms with E-state index in [-0.39, 0.29) is 17.9 Å². The Morgan fingerprint density at radius 2 is 1.81 bits per heavy atom. The zero-order chi connectivity index (χ0) is 26.7. The highest BCUT2D eigenvalue weighted by Crippen LogP contribution is 2.29. The van der Waals surface area contributed by atoms with Gasteiger partial charge in [0, 0.05) is 5.02 Å². The minimum Gasteiger partial charge on any atom is -0.483 e. The molecule has 0 aliphatic carbocycles. The van der Waals surface area contributed by atoms with Crippen molar-refractivity contribution < 1.29 is 23.9 Å². The Kier molecular flexibility index (Phi) is 7.97. The quantitative estimate of drug-likeness (QED) is 0.276. The minimum absolute atomic E-state index is 0.233. The van der Waals surface area contributed by atoms with E-state index in [0.29, 0.717) is 31.5 Å². The summed E-state index contributed by atoms with van der Waals surface area (Å²) in [5.41, 5.74) is 1.72. The standard InChI is InChI=1S/C26H18BrCl2N3O5/c1-14-6-8-16(12-20(14)29)32-25(35)17(24(34)31-26(32)36)10-15-7-9-22(18(27)11-15)37-13-23(33)30-21-5-3-2-4-19(21)28/h2-12H,13H2,1H3,(H,30,33)(H,31,34,36)/b17-10+. The molecular formula is C26H18BrCl2N3O5. The van der Waals surface area contributed by atoms with Gasteiger partial charge in [-0.2, -0.15) is 0 Å². The molecule has 0 atom stereocenters. The van der Waals surface area contributed by atoms with Gasteiger partial charge in [-0.1, -0.05) is 47.5 Å². The van der Waals surface area contributed by atoms with Gasteiger partial charge in [-0.3, -0.25) is 19.7 Å². The van der Waals surface area contributed by atoms with Gasteiger partial charge >= 0.3 is 6.03 Å². The van der Waals surface area contributed by atoms with Gasteiger partial charge in [0.25, 0.3) is 17.7 Å². The number of carbonyl (C=O) groups excluding carboxylic acids is 4. The molecule has 5 amide bonds. The van der Waals surface area contributed by atoms with E-state index in [4.69, 9.17) is 27.9 Å². The molecular weight excluding hydrogens is 585 g/mol. The smallest absolute Gasteiger partial charge is 0.335 e. The molecule has 1 aliphatic heterocycles. The maximum atomic E-state index is 13.1. The monoisotopic (exact) mass is 601 g/mol. The first-order chi connectivity index (χ1) is 17.6. The van der Waals surface area contributed by atoms with Crippen LogP contribution >= 0.6 is 39.1 Å². The molecule has 0 spiro atoms. The minimum atomic E-state index is -0.868. The molecule has 1 aliphatic rings. The Morgan fingerprint density at radius 1 is 1.05 bits per heavy atom. The molecule has 2 N–H and O–H groups in total. The van der Waals surface area contributed by atoms with Crippen LogP contribution in [0.4, 0.5) is 16.2 Å². The van der Waals surface area contributed by atoms with Gasteiger partial charge in [0.1, 0.15) is 11.3 Å². The molecule has 3 aromatic rings. The number of carbonyl (C=O) groups is 4. The number of ether oxygens (including phenoxy) is 1. The number of amides is 5. The summed E-state index contributed by atoms with van der Waals surface area (Å²) in [7, 11) is 0. The summed E-state index contributed by atoms with van der Waals surface area (Å²) in [6, 6.07) is 15.5. The Labute approximate surface area is 230 Å². The van der Waals surface area contributed by atoms with Crippen LogP contribution in [0.15, 0.2) is 70.7 Å². The van der Waals surface area contributed by atoms with Crippen LogP contribution < -0.4 is 20.3 Å². The number of nitrogens with one attached hydrogen (secondary N) is 2. The molecule has 1 saturated heterocycles. The highest BCUT2D eigenvalue weighted by Gasteiger charge is 2.37. The number of nitrogens with zero attached hydrogens (tertiary/aromatic N) is 1. The topological polar surface area (TPSA) is 105 Å². The average molecular weight is 603 g/mol. The fraction of sp³-hybridized carbons (Fsp3) is 0.0769. The number of benzene rings is 3. The number of barbiturate groups is 1. The number of anilines is 2. The van der Waals surface area contributed by atoms with Crippen molar-refractivity contribution in [2.45, 2.75) is 6.92 Å². The number of imide groups is 2. The number of rotatable bonds is 6. The Balaban J connectivity index is 1.49. The summed E-state index contributed by atoms with van der Waals surface area (Å²) in [4.78, 5) is 51.0. The third-order valence-corrected chi connectivity index (χ3v) is 6.65. The van der Waals surface area contributed by atoms with Crippen molar-refractivity contribution in [1.29, 1.82) is 0 Å². The fourth-order valence-electron chi connectivity index (χ4n) is 3.40. The van der Waals surface area contributed by atoms with E-state index in [1.165, 1.54) is 12.1 Å². The normalized spacial score (nSPS) is 14.5. The predicted octanol–water partition coefficient (Wildman–Crippen LogP) is 5.75. The van der Waals surface area contributed by atoms with E-state index >= 15 is 0 Å². The van der Waals surface area contributed by atoms with Gasteiger partial charge in [0.15, 0.2) is 6.61 Å². The molecule has 0 unspecified atom stereocenters.